The SMILES string of the molecule is BC(B)(NS(C)(=O)=O)C(C)C. The first-order valence-electron chi connectivity index (χ1n) is 3.64. The summed E-state index contributed by atoms with van der Waals surface area (Å²) in [4.78, 5) is 0. The molecule has 0 unspecified atom stereocenters. The van der Waals surface area contributed by atoms with Gasteiger partial charge in [0, 0.05) is 0 Å². The molecule has 64 valence electrons. The van der Waals surface area contributed by atoms with E-state index in [1.165, 1.54) is 6.26 Å². The Labute approximate surface area is 70.8 Å². The highest BCUT2D eigenvalue weighted by molar-refractivity contribution is 7.88. The number of hydrogen-bond donors (Lipinski definition) is 1. The average Bonchev–Trinajstić information content (AvgIpc) is 1.56. The standard InChI is InChI=1S/C5H15B2NO2S/c1-4(2)5(6,7)8-11(3,9)10/h4,8H,6-7H2,1-3H3. The fourth-order valence-corrected chi connectivity index (χ4v) is 1.79. The van der Waals surface area contributed by atoms with Gasteiger partial charge in [-0.15, -0.1) is 0 Å². The molecule has 0 aromatic heterocycles. The Morgan fingerprint density at radius 2 is 1.73 bits per heavy atom. The Morgan fingerprint density at radius 3 is 1.82 bits per heavy atom. The van der Waals surface area contributed by atoms with Crippen LogP contribution in [0.1, 0.15) is 13.8 Å². The molecule has 0 saturated carbocycles. The van der Waals surface area contributed by atoms with E-state index in [4.69, 9.17) is 0 Å². The van der Waals surface area contributed by atoms with Gasteiger partial charge in [0.25, 0.3) is 0 Å². The first kappa shape index (κ1) is 11.0. The molecule has 0 rings (SSSR count). The maximum atomic E-state index is 10.8. The predicted molar refractivity (Wildman–Crippen MR) is 52.6 cm³/mol. The lowest BCUT2D eigenvalue weighted by Crippen LogP contribution is -2.53. The Hall–Kier alpha value is 0.0399. The highest BCUT2D eigenvalue weighted by atomic mass is 32.2. The van der Waals surface area contributed by atoms with Gasteiger partial charge in [-0.3, -0.25) is 0 Å². The van der Waals surface area contributed by atoms with Crippen molar-refractivity contribution in [2.24, 2.45) is 5.92 Å². The maximum absolute atomic E-state index is 10.8. The van der Waals surface area contributed by atoms with Crippen LogP contribution < -0.4 is 4.72 Å². The largest absolute Gasteiger partial charge is 0.225 e. The summed E-state index contributed by atoms with van der Waals surface area (Å²) < 4.78 is 24.2. The Bertz CT molecular complexity index is 223. The number of rotatable bonds is 3. The van der Waals surface area contributed by atoms with Crippen molar-refractivity contribution in [2.45, 2.75) is 19.2 Å². The fourth-order valence-electron chi connectivity index (χ4n) is 0.596. The fraction of sp³-hybridized carbons (Fsp3) is 1.00. The minimum absolute atomic E-state index is 0.289. The van der Waals surface area contributed by atoms with Gasteiger partial charge in [0.05, 0.1) is 6.26 Å². The molecule has 3 nitrogen and oxygen atoms in total. The van der Waals surface area contributed by atoms with Crippen LogP contribution in [-0.4, -0.2) is 35.7 Å². The van der Waals surface area contributed by atoms with E-state index in [-0.39, 0.29) is 11.3 Å². The first-order chi connectivity index (χ1) is 4.65. The molecule has 0 aliphatic rings. The summed E-state index contributed by atoms with van der Waals surface area (Å²) in [5, 5.41) is -0.354. The predicted octanol–water partition coefficient (Wildman–Crippen LogP) is -1.89. The molecule has 0 amide bonds. The molecule has 0 aromatic carbocycles. The molecule has 6 heteroatoms. The third-order valence-electron chi connectivity index (χ3n) is 1.89. The van der Waals surface area contributed by atoms with Gasteiger partial charge < -0.3 is 0 Å². The quantitative estimate of drug-likeness (QED) is 0.509. The van der Waals surface area contributed by atoms with E-state index in [0.29, 0.717) is 0 Å². The van der Waals surface area contributed by atoms with Gasteiger partial charge in [0.1, 0.15) is 15.7 Å². The van der Waals surface area contributed by atoms with Crippen molar-refractivity contribution >= 4 is 25.7 Å². The second-order valence-corrected chi connectivity index (χ2v) is 5.50. The van der Waals surface area contributed by atoms with Crippen molar-refractivity contribution in [3.05, 3.63) is 0 Å². The molecule has 11 heavy (non-hydrogen) atoms. The smallest absolute Gasteiger partial charge is 0.207 e. The van der Waals surface area contributed by atoms with E-state index in [1.54, 1.807) is 0 Å². The van der Waals surface area contributed by atoms with Gasteiger partial charge in [-0.1, -0.05) is 13.8 Å². The van der Waals surface area contributed by atoms with Gasteiger partial charge in [0.2, 0.25) is 10.0 Å². The molecule has 0 radical (unpaired) electrons. The topological polar surface area (TPSA) is 46.2 Å². The second-order valence-electron chi connectivity index (χ2n) is 3.75. The van der Waals surface area contributed by atoms with Gasteiger partial charge >= 0.3 is 0 Å². The molecule has 0 fully saturated rings. The van der Waals surface area contributed by atoms with E-state index in [0.717, 1.165) is 0 Å². The van der Waals surface area contributed by atoms with Crippen LogP contribution in [0.15, 0.2) is 0 Å². The number of nitrogens with one attached hydrogen (secondary N) is 1. The zero-order valence-corrected chi connectivity index (χ0v) is 8.62. The summed E-state index contributed by atoms with van der Waals surface area (Å²) in [5.74, 6) is 0.289. The van der Waals surface area contributed by atoms with Crippen LogP contribution in [-0.2, 0) is 10.0 Å². The maximum Gasteiger partial charge on any atom is 0.207 e. The molecule has 0 spiro atoms. The summed E-state index contributed by atoms with van der Waals surface area (Å²) in [6.45, 7) is 3.97. The molecular formula is C5H15B2NO2S. The van der Waals surface area contributed by atoms with Crippen LogP contribution in [0.4, 0.5) is 0 Å². The van der Waals surface area contributed by atoms with Crippen molar-refractivity contribution in [3.8, 4) is 0 Å². The van der Waals surface area contributed by atoms with Gasteiger partial charge in [0.15, 0.2) is 0 Å². The monoisotopic (exact) mass is 175 g/mol. The molecule has 0 atom stereocenters. The van der Waals surface area contributed by atoms with Crippen molar-refractivity contribution in [3.63, 3.8) is 0 Å². The van der Waals surface area contributed by atoms with E-state index >= 15 is 0 Å². The van der Waals surface area contributed by atoms with Crippen LogP contribution in [0, 0.1) is 5.92 Å². The highest BCUT2D eigenvalue weighted by Crippen LogP contribution is 2.08. The van der Waals surface area contributed by atoms with Crippen LogP contribution in [0.5, 0.6) is 0 Å². The zero-order chi connectivity index (χ0) is 9.28. The highest BCUT2D eigenvalue weighted by Gasteiger charge is 2.25. The Balaban J connectivity index is 4.38. The number of hydrogen-bond acceptors (Lipinski definition) is 2. The second kappa shape index (κ2) is 3.19. The summed E-state index contributed by atoms with van der Waals surface area (Å²) in [7, 11) is 0.671. The third kappa shape index (κ3) is 4.48. The van der Waals surface area contributed by atoms with E-state index in [9.17, 15) is 8.42 Å². The van der Waals surface area contributed by atoms with Gasteiger partial charge in [-0.25, -0.2) is 13.1 Å². The molecule has 0 heterocycles. The lowest BCUT2D eigenvalue weighted by Gasteiger charge is -2.29. The lowest BCUT2D eigenvalue weighted by molar-refractivity contribution is 0.506. The van der Waals surface area contributed by atoms with Crippen molar-refractivity contribution in [1.82, 2.24) is 4.72 Å². The average molecular weight is 175 g/mol. The van der Waals surface area contributed by atoms with Crippen LogP contribution in [0.2, 0.25) is 0 Å². The summed E-state index contributed by atoms with van der Waals surface area (Å²) >= 11 is 0. The van der Waals surface area contributed by atoms with Gasteiger partial charge in [-0.2, -0.15) is 0 Å². The van der Waals surface area contributed by atoms with Crippen molar-refractivity contribution < 1.29 is 8.42 Å². The van der Waals surface area contributed by atoms with Crippen LogP contribution in [0.25, 0.3) is 0 Å². The first-order valence-corrected chi connectivity index (χ1v) is 5.53. The van der Waals surface area contributed by atoms with Crippen molar-refractivity contribution in [2.75, 3.05) is 6.26 Å². The molecule has 0 saturated heterocycles. The molecule has 0 bridgehead atoms. The number of sulfonamides is 1. The third-order valence-corrected chi connectivity index (χ3v) is 2.79. The summed E-state index contributed by atoms with van der Waals surface area (Å²) in [5.41, 5.74) is 0. The molecule has 0 aromatic rings. The Morgan fingerprint density at radius 1 is 1.36 bits per heavy atom. The lowest BCUT2D eigenvalue weighted by atomic mass is 9.57. The molecule has 0 aliphatic heterocycles. The van der Waals surface area contributed by atoms with E-state index in [2.05, 4.69) is 4.72 Å². The van der Waals surface area contributed by atoms with Gasteiger partial charge in [-0.05, 0) is 11.3 Å². The van der Waals surface area contributed by atoms with Crippen molar-refractivity contribution in [1.29, 1.82) is 0 Å². The van der Waals surface area contributed by atoms with E-state index < -0.39 is 10.0 Å². The summed E-state index contributed by atoms with van der Waals surface area (Å²) in [6.07, 6.45) is 1.18. The van der Waals surface area contributed by atoms with Crippen LogP contribution >= 0.6 is 0 Å². The van der Waals surface area contributed by atoms with Crippen LogP contribution in [0.3, 0.4) is 0 Å². The molecule has 1 N–H and O–H groups in total. The molecular weight excluding hydrogens is 160 g/mol. The summed E-state index contributed by atoms with van der Waals surface area (Å²) in [6, 6.07) is 0. The zero-order valence-electron chi connectivity index (χ0n) is 7.80. The minimum atomic E-state index is -3.08. The molecule has 0 aliphatic carbocycles. The van der Waals surface area contributed by atoms with E-state index in [1.807, 2.05) is 29.5 Å². The normalized spacial score (nSPS) is 13.8. The minimum Gasteiger partial charge on any atom is -0.225 e. The Kier molecular flexibility index (Phi) is 3.20.